The smallest absolute Gasteiger partial charge is 0.126 e. The molecule has 0 aromatic heterocycles. The summed E-state index contributed by atoms with van der Waals surface area (Å²) in [6.07, 6.45) is 3.89. The second-order valence-corrected chi connectivity index (χ2v) is 8.85. The summed E-state index contributed by atoms with van der Waals surface area (Å²) in [7, 11) is 0. The summed E-state index contributed by atoms with van der Waals surface area (Å²) in [6, 6.07) is 20.9. The van der Waals surface area contributed by atoms with Gasteiger partial charge in [0.15, 0.2) is 0 Å². The molecular weight excluding hydrogens is 420 g/mol. The first-order valence-electron chi connectivity index (χ1n) is 11.7. The van der Waals surface area contributed by atoms with Crippen LogP contribution < -0.4 is 4.74 Å². The van der Waals surface area contributed by atoms with Gasteiger partial charge in [0.05, 0.1) is 12.2 Å². The Morgan fingerprint density at radius 2 is 1.55 bits per heavy atom. The Balaban J connectivity index is 1.21. The van der Waals surface area contributed by atoms with Crippen LogP contribution in [-0.4, -0.2) is 36.2 Å². The Bertz CT molecular complexity index is 1020. The van der Waals surface area contributed by atoms with E-state index in [-0.39, 0.29) is 11.6 Å². The Labute approximate surface area is 194 Å². The van der Waals surface area contributed by atoms with Crippen LogP contribution in [0.5, 0.6) is 5.75 Å². The third kappa shape index (κ3) is 6.40. The zero-order chi connectivity index (χ0) is 23.1. The number of hydrogen-bond donors (Lipinski definition) is 1. The zero-order valence-corrected chi connectivity index (χ0v) is 18.9. The molecule has 3 nitrogen and oxygen atoms in total. The average Bonchev–Trinajstić information content (AvgIpc) is 2.84. The number of likely N-dealkylation sites (tertiary alicyclic amines) is 1. The highest BCUT2D eigenvalue weighted by atomic mass is 19.1. The number of nitrogens with zero attached hydrogens (tertiary/aromatic N) is 1. The molecule has 0 saturated carbocycles. The van der Waals surface area contributed by atoms with Gasteiger partial charge in [-0.2, -0.15) is 0 Å². The van der Waals surface area contributed by atoms with E-state index in [2.05, 4.69) is 4.90 Å². The van der Waals surface area contributed by atoms with Gasteiger partial charge in [-0.05, 0) is 67.1 Å². The monoisotopic (exact) mass is 451 g/mol. The zero-order valence-electron chi connectivity index (χ0n) is 18.9. The van der Waals surface area contributed by atoms with Gasteiger partial charge in [0.2, 0.25) is 0 Å². The van der Waals surface area contributed by atoms with Crippen LogP contribution in [0.25, 0.3) is 0 Å². The molecule has 1 saturated heterocycles. The van der Waals surface area contributed by atoms with Gasteiger partial charge in [-0.3, -0.25) is 0 Å². The standard InChI is InChI=1S/C28H31F2NO2/c29-25-11-8-22(9-12-25)20-23-10-13-26(30)21-27(23)33-19-5-4-16-31-17-14-28(32,15-18-31)24-6-2-1-3-7-24/h1-3,6-13,21,32H,4-5,14-20H2. The fourth-order valence-electron chi connectivity index (χ4n) is 4.43. The van der Waals surface area contributed by atoms with Gasteiger partial charge in [0.1, 0.15) is 17.4 Å². The molecule has 33 heavy (non-hydrogen) atoms. The lowest BCUT2D eigenvalue weighted by molar-refractivity contribution is -0.0262. The topological polar surface area (TPSA) is 32.7 Å². The molecule has 0 aliphatic carbocycles. The number of rotatable bonds is 9. The summed E-state index contributed by atoms with van der Waals surface area (Å²) in [4.78, 5) is 2.39. The molecule has 0 bridgehead atoms. The molecule has 0 spiro atoms. The number of ether oxygens (including phenoxy) is 1. The third-order valence-electron chi connectivity index (χ3n) is 6.46. The SMILES string of the molecule is OC1(c2ccccc2)CCN(CCCCOc2cc(F)ccc2Cc2ccc(F)cc2)CC1. The first-order valence-corrected chi connectivity index (χ1v) is 11.7. The molecule has 1 aliphatic heterocycles. The molecule has 3 aromatic carbocycles. The second kappa shape index (κ2) is 10.9. The predicted molar refractivity (Wildman–Crippen MR) is 126 cm³/mol. The van der Waals surface area contributed by atoms with Crippen molar-refractivity contribution in [3.63, 3.8) is 0 Å². The van der Waals surface area contributed by atoms with Crippen LogP contribution in [0.15, 0.2) is 72.8 Å². The minimum Gasteiger partial charge on any atom is -0.493 e. The molecule has 4 rings (SSSR count). The molecule has 3 aromatic rings. The van der Waals surface area contributed by atoms with Crippen molar-refractivity contribution in [3.8, 4) is 5.75 Å². The number of aliphatic hydroxyl groups is 1. The van der Waals surface area contributed by atoms with E-state index in [1.54, 1.807) is 18.2 Å². The van der Waals surface area contributed by atoms with E-state index in [1.807, 2.05) is 30.3 Å². The summed E-state index contributed by atoms with van der Waals surface area (Å²) in [5.41, 5.74) is 2.12. The van der Waals surface area contributed by atoms with Gasteiger partial charge >= 0.3 is 0 Å². The molecule has 1 heterocycles. The molecule has 0 amide bonds. The van der Waals surface area contributed by atoms with E-state index in [1.165, 1.54) is 24.3 Å². The van der Waals surface area contributed by atoms with Gasteiger partial charge < -0.3 is 14.7 Å². The number of piperidine rings is 1. The van der Waals surface area contributed by atoms with E-state index in [4.69, 9.17) is 4.74 Å². The minimum atomic E-state index is -0.723. The summed E-state index contributed by atoms with van der Waals surface area (Å²) in [5.74, 6) is -0.0509. The first-order chi connectivity index (χ1) is 16.0. The number of hydrogen-bond acceptors (Lipinski definition) is 3. The van der Waals surface area contributed by atoms with E-state index in [0.29, 0.717) is 18.8 Å². The molecule has 1 N–H and O–H groups in total. The lowest BCUT2D eigenvalue weighted by Crippen LogP contribution is -2.42. The maximum atomic E-state index is 13.8. The van der Waals surface area contributed by atoms with Gasteiger partial charge in [-0.1, -0.05) is 48.5 Å². The van der Waals surface area contributed by atoms with Crippen molar-refractivity contribution in [2.45, 2.75) is 37.7 Å². The van der Waals surface area contributed by atoms with E-state index in [9.17, 15) is 13.9 Å². The highest BCUT2D eigenvalue weighted by Gasteiger charge is 2.33. The van der Waals surface area contributed by atoms with Gasteiger partial charge in [-0.15, -0.1) is 0 Å². The van der Waals surface area contributed by atoms with Gasteiger partial charge in [-0.25, -0.2) is 8.78 Å². The Morgan fingerprint density at radius 3 is 2.27 bits per heavy atom. The molecule has 174 valence electrons. The Hall–Kier alpha value is -2.76. The summed E-state index contributed by atoms with van der Waals surface area (Å²) in [5, 5.41) is 11.0. The van der Waals surface area contributed by atoms with E-state index >= 15 is 0 Å². The van der Waals surface area contributed by atoms with Crippen LogP contribution in [0.3, 0.4) is 0 Å². The van der Waals surface area contributed by atoms with Crippen LogP contribution in [-0.2, 0) is 12.0 Å². The molecule has 1 fully saturated rings. The fourth-order valence-corrected chi connectivity index (χ4v) is 4.43. The average molecular weight is 452 g/mol. The fraction of sp³-hybridized carbons (Fsp3) is 0.357. The van der Waals surface area contributed by atoms with Gasteiger partial charge in [0.25, 0.3) is 0 Å². The summed E-state index contributed by atoms with van der Waals surface area (Å²) < 4.78 is 32.9. The number of halogens is 2. The molecule has 5 heteroatoms. The second-order valence-electron chi connectivity index (χ2n) is 8.85. The Kier molecular flexibility index (Phi) is 7.73. The van der Waals surface area contributed by atoms with Crippen LogP contribution in [0.2, 0.25) is 0 Å². The summed E-state index contributed by atoms with van der Waals surface area (Å²) >= 11 is 0. The molecule has 0 unspecified atom stereocenters. The number of benzene rings is 3. The third-order valence-corrected chi connectivity index (χ3v) is 6.46. The van der Waals surface area contributed by atoms with Crippen LogP contribution in [0, 0.1) is 11.6 Å². The van der Waals surface area contributed by atoms with Crippen LogP contribution in [0.1, 0.15) is 42.4 Å². The van der Waals surface area contributed by atoms with Crippen molar-refractivity contribution in [2.75, 3.05) is 26.2 Å². The van der Waals surface area contributed by atoms with Crippen molar-refractivity contribution in [2.24, 2.45) is 0 Å². The molecule has 0 atom stereocenters. The van der Waals surface area contributed by atoms with Crippen molar-refractivity contribution in [1.29, 1.82) is 0 Å². The lowest BCUT2D eigenvalue weighted by atomic mass is 9.84. The van der Waals surface area contributed by atoms with E-state index in [0.717, 1.165) is 62.0 Å². The van der Waals surface area contributed by atoms with E-state index < -0.39 is 5.60 Å². The van der Waals surface area contributed by atoms with Crippen molar-refractivity contribution >= 4 is 0 Å². The first kappa shape index (κ1) is 23.4. The minimum absolute atomic E-state index is 0.271. The van der Waals surface area contributed by atoms with Crippen LogP contribution in [0.4, 0.5) is 8.78 Å². The molecule has 0 radical (unpaired) electrons. The summed E-state index contributed by atoms with van der Waals surface area (Å²) in [6.45, 7) is 3.22. The van der Waals surface area contributed by atoms with Crippen molar-refractivity contribution in [1.82, 2.24) is 4.90 Å². The lowest BCUT2D eigenvalue weighted by Gasteiger charge is -2.38. The maximum Gasteiger partial charge on any atom is 0.126 e. The molecular formula is C28H31F2NO2. The number of unbranched alkanes of at least 4 members (excludes halogenated alkanes) is 1. The van der Waals surface area contributed by atoms with Gasteiger partial charge in [0, 0.05) is 25.6 Å². The van der Waals surface area contributed by atoms with Crippen molar-refractivity contribution in [3.05, 3.63) is 101 Å². The largest absolute Gasteiger partial charge is 0.493 e. The van der Waals surface area contributed by atoms with Crippen molar-refractivity contribution < 1.29 is 18.6 Å². The predicted octanol–water partition coefficient (Wildman–Crippen LogP) is 5.70. The Morgan fingerprint density at radius 1 is 0.848 bits per heavy atom. The molecule has 1 aliphatic rings. The quantitative estimate of drug-likeness (QED) is 0.424. The highest BCUT2D eigenvalue weighted by Crippen LogP contribution is 2.32. The highest BCUT2D eigenvalue weighted by molar-refractivity contribution is 5.38. The normalized spacial score (nSPS) is 16.0. The van der Waals surface area contributed by atoms with Crippen LogP contribution >= 0.6 is 0 Å². The maximum absolute atomic E-state index is 13.8.